The average Bonchev–Trinajstić information content (AvgIpc) is 3.11. The van der Waals surface area contributed by atoms with E-state index in [1.54, 1.807) is 10.6 Å². The van der Waals surface area contributed by atoms with Crippen molar-refractivity contribution in [2.24, 2.45) is 0 Å². The van der Waals surface area contributed by atoms with Gasteiger partial charge in [-0.3, -0.25) is 0 Å². The van der Waals surface area contributed by atoms with Crippen LogP contribution in [0, 0.1) is 0 Å². The number of hydrogen-bond donors (Lipinski definition) is 0. The molecule has 4 aliphatic carbocycles. The van der Waals surface area contributed by atoms with Crippen LogP contribution in [0.15, 0.2) is 48.5 Å². The van der Waals surface area contributed by atoms with E-state index in [2.05, 4.69) is 90.1 Å². The van der Waals surface area contributed by atoms with Crippen molar-refractivity contribution in [1.29, 1.82) is 0 Å². The fourth-order valence-corrected chi connectivity index (χ4v) is 16.7. The fourth-order valence-electron chi connectivity index (χ4n) is 9.14. The van der Waals surface area contributed by atoms with Crippen LogP contribution in [0.1, 0.15) is 181 Å². The zero-order valence-corrected chi connectivity index (χ0v) is 36.9. The molecule has 0 spiro atoms. The van der Waals surface area contributed by atoms with E-state index in [4.69, 9.17) is 19.1 Å². The molecule has 6 rings (SSSR count). The summed E-state index contributed by atoms with van der Waals surface area (Å²) in [5.74, 6) is 0. The Morgan fingerprint density at radius 3 is 0.796 bits per heavy atom. The third-order valence-corrected chi connectivity index (χ3v) is 18.9. The van der Waals surface area contributed by atoms with Crippen molar-refractivity contribution in [3.05, 3.63) is 59.7 Å². The summed E-state index contributed by atoms with van der Waals surface area (Å²) in [4.78, 5) is 0. The Bertz CT molecular complexity index is 1030. The molecule has 0 heterocycles. The number of benzene rings is 2. The standard InChI is InChI=1S/2C22H35P.2ClH.Pd/c2*1-22(2,3)18-14-16-21(17-15-18)23(19-10-6-4-7-11-19)20-12-8-5-9-13-20;;;/h2*14-17,19-20H,4-13H2,1-3H3;2*1H;/q;;;;+2/p-2. The average molecular weight is 838 g/mol. The summed E-state index contributed by atoms with van der Waals surface area (Å²) in [5.41, 5.74) is 7.59. The fraction of sp³-hybridized carbons (Fsp3) is 0.727. The van der Waals surface area contributed by atoms with Gasteiger partial charge in [-0.25, -0.2) is 0 Å². The molecule has 4 saturated carbocycles. The molecule has 0 saturated heterocycles. The molecule has 0 nitrogen and oxygen atoms in total. The first-order chi connectivity index (χ1) is 23.5. The van der Waals surface area contributed by atoms with Crippen LogP contribution < -0.4 is 10.6 Å². The van der Waals surface area contributed by atoms with Crippen LogP contribution in [-0.4, -0.2) is 22.6 Å². The molecule has 5 heteroatoms. The van der Waals surface area contributed by atoms with Gasteiger partial charge in [0.2, 0.25) is 0 Å². The molecule has 0 aromatic heterocycles. The summed E-state index contributed by atoms with van der Waals surface area (Å²) < 4.78 is 0. The van der Waals surface area contributed by atoms with Crippen molar-refractivity contribution >= 4 is 45.5 Å². The molecular weight excluding hydrogens is 768 g/mol. The second kappa shape index (κ2) is 21.4. The summed E-state index contributed by atoms with van der Waals surface area (Å²) in [7, 11) is 9.75. The van der Waals surface area contributed by atoms with E-state index in [0.717, 1.165) is 22.6 Å². The normalized spacial score (nSPS) is 20.9. The van der Waals surface area contributed by atoms with Crippen LogP contribution >= 0.6 is 34.9 Å². The van der Waals surface area contributed by atoms with Crippen molar-refractivity contribution < 1.29 is 15.9 Å². The molecule has 4 fully saturated rings. The molecule has 280 valence electrons. The molecule has 2 aromatic carbocycles. The first-order valence-electron chi connectivity index (χ1n) is 20.1. The Morgan fingerprint density at radius 1 is 0.408 bits per heavy atom. The topological polar surface area (TPSA) is 0 Å². The molecule has 0 bridgehead atoms. The minimum atomic E-state index is -0.106. The summed E-state index contributed by atoms with van der Waals surface area (Å²) in [6.07, 6.45) is 29.8. The maximum atomic E-state index is 4.81. The van der Waals surface area contributed by atoms with E-state index in [-0.39, 0.29) is 42.6 Å². The van der Waals surface area contributed by atoms with Gasteiger partial charge in [0.25, 0.3) is 0 Å². The summed E-state index contributed by atoms with van der Waals surface area (Å²) in [6, 6.07) is 19.7. The first-order valence-corrected chi connectivity index (χ1v) is 27.1. The predicted molar refractivity (Wildman–Crippen MR) is 223 cm³/mol. The van der Waals surface area contributed by atoms with Crippen LogP contribution in [-0.2, 0) is 26.8 Å². The third kappa shape index (κ3) is 13.4. The van der Waals surface area contributed by atoms with Crippen LogP contribution in [0.4, 0.5) is 0 Å². The molecule has 0 aliphatic heterocycles. The maximum absolute atomic E-state index is 4.81. The number of halogens is 2. The Balaban J connectivity index is 0.000000205. The van der Waals surface area contributed by atoms with Gasteiger partial charge in [-0.15, -0.1) is 0 Å². The van der Waals surface area contributed by atoms with Crippen LogP contribution in [0.25, 0.3) is 0 Å². The number of hydrogen-bond acceptors (Lipinski definition) is 0. The second-order valence-electron chi connectivity index (χ2n) is 17.6. The van der Waals surface area contributed by atoms with Gasteiger partial charge in [-0.1, -0.05) is 183 Å². The quantitative estimate of drug-likeness (QED) is 0.201. The summed E-state index contributed by atoms with van der Waals surface area (Å²) in [6.45, 7) is 14.0. The zero-order valence-electron chi connectivity index (χ0n) is 32.0. The number of rotatable bonds is 6. The summed E-state index contributed by atoms with van der Waals surface area (Å²) >= 11 is -0.106. The van der Waals surface area contributed by atoms with Crippen LogP contribution in [0.5, 0.6) is 0 Å². The monoisotopic (exact) mass is 836 g/mol. The molecular formula is C44H70Cl2P2Pd. The van der Waals surface area contributed by atoms with Crippen LogP contribution in [0.3, 0.4) is 0 Å². The van der Waals surface area contributed by atoms with E-state index in [1.807, 2.05) is 0 Å². The Kier molecular flexibility index (Phi) is 18.5. The van der Waals surface area contributed by atoms with Crippen molar-refractivity contribution in [2.75, 3.05) is 0 Å². The molecule has 4 aliphatic rings. The van der Waals surface area contributed by atoms with E-state index < -0.39 is 0 Å². The summed E-state index contributed by atoms with van der Waals surface area (Å²) in [5, 5.41) is 3.43. The Hall–Kier alpha value is 0.542. The van der Waals surface area contributed by atoms with Gasteiger partial charge in [-0.2, -0.15) is 0 Å². The van der Waals surface area contributed by atoms with Crippen molar-refractivity contribution in [2.45, 2.75) is 203 Å². The molecule has 49 heavy (non-hydrogen) atoms. The van der Waals surface area contributed by atoms with Gasteiger partial charge in [-0.05, 0) is 107 Å². The predicted octanol–water partition coefficient (Wildman–Crippen LogP) is 14.9. The van der Waals surface area contributed by atoms with Gasteiger partial charge in [0.1, 0.15) is 0 Å². The van der Waals surface area contributed by atoms with Gasteiger partial charge in [0.05, 0.1) is 0 Å². The Morgan fingerprint density at radius 2 is 0.612 bits per heavy atom. The van der Waals surface area contributed by atoms with Crippen molar-refractivity contribution in [3.63, 3.8) is 0 Å². The molecule has 0 N–H and O–H groups in total. The van der Waals surface area contributed by atoms with E-state index in [0.29, 0.717) is 0 Å². The van der Waals surface area contributed by atoms with Gasteiger partial charge >= 0.3 is 35.0 Å². The van der Waals surface area contributed by atoms with Crippen molar-refractivity contribution in [1.82, 2.24) is 0 Å². The van der Waals surface area contributed by atoms with E-state index >= 15 is 0 Å². The van der Waals surface area contributed by atoms with Crippen LogP contribution in [0.2, 0.25) is 0 Å². The molecule has 0 atom stereocenters. The third-order valence-electron chi connectivity index (χ3n) is 11.9. The van der Waals surface area contributed by atoms with Gasteiger partial charge in [0.15, 0.2) is 0 Å². The van der Waals surface area contributed by atoms with Crippen molar-refractivity contribution in [3.8, 4) is 0 Å². The zero-order chi connectivity index (χ0) is 35.3. The second-order valence-corrected chi connectivity index (χ2v) is 25.6. The molecule has 2 aromatic rings. The van der Waals surface area contributed by atoms with E-state index in [1.165, 1.54) is 140 Å². The molecule has 0 unspecified atom stereocenters. The van der Waals surface area contributed by atoms with Gasteiger partial charge < -0.3 is 0 Å². The van der Waals surface area contributed by atoms with Gasteiger partial charge in [0, 0.05) is 0 Å². The molecule has 0 amide bonds. The Labute approximate surface area is 322 Å². The SMILES string of the molecule is CC(C)(C)c1ccc(P(C2CCCCC2)C2CCCCC2)cc1.CC(C)(C)c1ccc(P(C2CCCCC2)C2CCCCC2)cc1.[Cl][Pd][Cl]. The van der Waals surface area contributed by atoms with E-state index in [9.17, 15) is 0 Å². The minimum absolute atomic E-state index is 0.0597. The molecule has 0 radical (unpaired) electrons. The first kappa shape index (κ1) is 42.3.